The van der Waals surface area contributed by atoms with Crippen molar-refractivity contribution >= 4 is 27.6 Å². The van der Waals surface area contributed by atoms with Gasteiger partial charge in [0.15, 0.2) is 0 Å². The molecule has 3 aromatic rings. The largest absolute Gasteiger partial charge is 0.236 e. The van der Waals surface area contributed by atoms with Crippen LogP contribution >= 0.6 is 11.3 Å². The second kappa shape index (κ2) is 5.66. The molecule has 0 N–H and O–H groups in total. The molecule has 104 valence electrons. The second-order valence-electron chi connectivity index (χ2n) is 5.29. The molecule has 2 heteroatoms. The number of nitrogens with zero attached hydrogens (tertiary/aromatic N) is 1. The number of thiazole rings is 1. The molecule has 0 fully saturated rings. The Hall–Kier alpha value is -2.19. The van der Waals surface area contributed by atoms with Gasteiger partial charge in [0.05, 0.1) is 10.2 Å². The summed E-state index contributed by atoms with van der Waals surface area (Å²) in [6.07, 6.45) is 4.10. The Morgan fingerprint density at radius 1 is 1.14 bits per heavy atom. The Morgan fingerprint density at radius 3 is 2.62 bits per heavy atom. The predicted octanol–water partition coefficient (Wildman–Crippen LogP) is 5.86. The van der Waals surface area contributed by atoms with Gasteiger partial charge in [-0.05, 0) is 37.1 Å². The first-order chi connectivity index (χ1) is 10.1. The number of aromatic nitrogens is 1. The molecule has 2 aromatic carbocycles. The summed E-state index contributed by atoms with van der Waals surface area (Å²) in [6.45, 7) is 7.98. The second-order valence-corrected chi connectivity index (χ2v) is 6.32. The van der Waals surface area contributed by atoms with Gasteiger partial charge >= 0.3 is 0 Å². The number of allylic oxidation sites excluding steroid dienone is 2. The minimum absolute atomic E-state index is 1.06. The first-order valence-electron chi connectivity index (χ1n) is 6.93. The third kappa shape index (κ3) is 3.11. The van der Waals surface area contributed by atoms with Gasteiger partial charge in [0.1, 0.15) is 5.01 Å². The quantitative estimate of drug-likeness (QED) is 0.551. The van der Waals surface area contributed by atoms with E-state index in [-0.39, 0.29) is 0 Å². The summed E-state index contributed by atoms with van der Waals surface area (Å²) in [5.74, 6) is 0. The van der Waals surface area contributed by atoms with Crippen LogP contribution in [0.1, 0.15) is 18.1 Å². The van der Waals surface area contributed by atoms with Crippen molar-refractivity contribution in [3.63, 3.8) is 0 Å². The molecule has 3 rings (SSSR count). The Balaban J connectivity index is 1.93. The molecule has 0 unspecified atom stereocenters. The zero-order chi connectivity index (χ0) is 14.8. The maximum Gasteiger partial charge on any atom is 0.124 e. The van der Waals surface area contributed by atoms with Crippen LogP contribution in [0.4, 0.5) is 0 Å². The number of fused-ring (bicyclic) bond motifs is 1. The predicted molar refractivity (Wildman–Crippen MR) is 93.6 cm³/mol. The van der Waals surface area contributed by atoms with Gasteiger partial charge in [0.25, 0.3) is 0 Å². The highest BCUT2D eigenvalue weighted by molar-refractivity contribution is 7.21. The molecule has 21 heavy (non-hydrogen) atoms. The molecule has 0 atom stereocenters. The minimum atomic E-state index is 1.06. The summed E-state index contributed by atoms with van der Waals surface area (Å²) < 4.78 is 1.25. The molecule has 0 bridgehead atoms. The topological polar surface area (TPSA) is 12.9 Å². The van der Waals surface area contributed by atoms with Crippen molar-refractivity contribution in [2.45, 2.75) is 13.8 Å². The third-order valence-corrected chi connectivity index (χ3v) is 4.33. The number of aryl methyl sites for hydroxylation is 1. The first kappa shape index (κ1) is 13.8. The molecule has 0 aliphatic rings. The van der Waals surface area contributed by atoms with E-state index in [1.165, 1.54) is 21.4 Å². The van der Waals surface area contributed by atoms with Crippen LogP contribution in [0.5, 0.6) is 0 Å². The summed E-state index contributed by atoms with van der Waals surface area (Å²) in [5.41, 5.74) is 5.76. The molecule has 0 saturated carbocycles. The van der Waals surface area contributed by atoms with Crippen LogP contribution in [-0.4, -0.2) is 4.98 Å². The molecule has 0 aliphatic heterocycles. The molecule has 1 nitrogen and oxygen atoms in total. The van der Waals surface area contributed by atoms with Crippen LogP contribution in [0.15, 0.2) is 60.7 Å². The van der Waals surface area contributed by atoms with Crippen molar-refractivity contribution in [1.29, 1.82) is 0 Å². The fourth-order valence-corrected chi connectivity index (χ4v) is 3.20. The van der Waals surface area contributed by atoms with Gasteiger partial charge in [-0.1, -0.05) is 54.6 Å². The lowest BCUT2D eigenvalue weighted by atomic mass is 10.1. The summed E-state index contributed by atoms with van der Waals surface area (Å²) in [5, 5.41) is 1.08. The minimum Gasteiger partial charge on any atom is -0.236 e. The zero-order valence-corrected chi connectivity index (χ0v) is 13.1. The highest BCUT2D eigenvalue weighted by atomic mass is 32.1. The van der Waals surface area contributed by atoms with Crippen LogP contribution in [-0.2, 0) is 0 Å². The van der Waals surface area contributed by atoms with Crippen molar-refractivity contribution in [2.75, 3.05) is 0 Å². The smallest absolute Gasteiger partial charge is 0.124 e. The van der Waals surface area contributed by atoms with Crippen molar-refractivity contribution < 1.29 is 0 Å². The first-order valence-corrected chi connectivity index (χ1v) is 7.75. The van der Waals surface area contributed by atoms with E-state index in [4.69, 9.17) is 4.98 Å². The summed E-state index contributed by atoms with van der Waals surface area (Å²) in [4.78, 5) is 4.71. The van der Waals surface area contributed by atoms with Crippen LogP contribution in [0, 0.1) is 6.92 Å². The lowest BCUT2D eigenvalue weighted by molar-refractivity contribution is 1.45. The zero-order valence-electron chi connectivity index (χ0n) is 12.3. The highest BCUT2D eigenvalue weighted by Crippen LogP contribution is 2.30. The Morgan fingerprint density at radius 2 is 1.90 bits per heavy atom. The maximum atomic E-state index is 4.71. The number of benzene rings is 2. The molecule has 0 saturated heterocycles. The van der Waals surface area contributed by atoms with Crippen molar-refractivity contribution in [2.24, 2.45) is 0 Å². The molecule has 1 heterocycles. The summed E-state index contributed by atoms with van der Waals surface area (Å²) in [7, 11) is 0. The molecule has 0 amide bonds. The highest BCUT2D eigenvalue weighted by Gasteiger charge is 2.06. The average Bonchev–Trinajstić information content (AvgIpc) is 2.88. The summed E-state index contributed by atoms with van der Waals surface area (Å²) >= 11 is 1.75. The van der Waals surface area contributed by atoms with E-state index < -0.39 is 0 Å². The SMILES string of the molecule is C=C(C)/C=C/c1ccc(-c2nc3ccc(C)cc3s2)cc1. The van der Waals surface area contributed by atoms with Crippen molar-refractivity contribution in [3.8, 4) is 10.6 Å². The van der Waals surface area contributed by atoms with E-state index in [1.54, 1.807) is 11.3 Å². The van der Waals surface area contributed by atoms with Gasteiger partial charge in [0.2, 0.25) is 0 Å². The Labute approximate surface area is 129 Å². The van der Waals surface area contributed by atoms with Crippen LogP contribution in [0.3, 0.4) is 0 Å². The van der Waals surface area contributed by atoms with Gasteiger partial charge in [-0.2, -0.15) is 0 Å². The number of hydrogen-bond acceptors (Lipinski definition) is 2. The molecular weight excluding hydrogens is 274 g/mol. The molecular formula is C19H17NS. The van der Waals surface area contributed by atoms with E-state index in [0.29, 0.717) is 0 Å². The van der Waals surface area contributed by atoms with Crippen molar-refractivity contribution in [3.05, 3.63) is 71.8 Å². The van der Waals surface area contributed by atoms with Gasteiger partial charge in [0, 0.05) is 5.56 Å². The van der Waals surface area contributed by atoms with Gasteiger partial charge < -0.3 is 0 Å². The van der Waals surface area contributed by atoms with Crippen LogP contribution < -0.4 is 0 Å². The van der Waals surface area contributed by atoms with Crippen LogP contribution in [0.2, 0.25) is 0 Å². The van der Waals surface area contributed by atoms with Gasteiger partial charge in [-0.3, -0.25) is 0 Å². The van der Waals surface area contributed by atoms with E-state index >= 15 is 0 Å². The molecule has 0 spiro atoms. The Kier molecular flexibility index (Phi) is 3.72. The number of hydrogen-bond donors (Lipinski definition) is 0. The molecule has 1 aromatic heterocycles. The fourth-order valence-electron chi connectivity index (χ4n) is 2.13. The van der Waals surface area contributed by atoms with Gasteiger partial charge in [-0.25, -0.2) is 4.98 Å². The standard InChI is InChI=1S/C19H17NS/c1-13(2)4-6-15-7-9-16(10-8-15)19-20-17-11-5-14(3)12-18(17)21-19/h4-12H,1H2,2-3H3/b6-4+. The lowest BCUT2D eigenvalue weighted by Crippen LogP contribution is -1.77. The monoisotopic (exact) mass is 291 g/mol. The lowest BCUT2D eigenvalue weighted by Gasteiger charge is -1.97. The maximum absolute atomic E-state index is 4.71. The third-order valence-electron chi connectivity index (χ3n) is 3.26. The Bertz CT molecular complexity index is 822. The molecule has 0 radical (unpaired) electrons. The fraction of sp³-hybridized carbons (Fsp3) is 0.105. The van der Waals surface area contributed by atoms with E-state index in [1.807, 2.05) is 13.0 Å². The van der Waals surface area contributed by atoms with Crippen LogP contribution in [0.25, 0.3) is 26.9 Å². The number of rotatable bonds is 3. The van der Waals surface area contributed by atoms with Crippen molar-refractivity contribution in [1.82, 2.24) is 4.98 Å². The van der Waals surface area contributed by atoms with E-state index in [0.717, 1.165) is 16.1 Å². The summed E-state index contributed by atoms with van der Waals surface area (Å²) in [6, 6.07) is 14.9. The van der Waals surface area contributed by atoms with E-state index in [2.05, 4.69) is 62.0 Å². The van der Waals surface area contributed by atoms with Gasteiger partial charge in [-0.15, -0.1) is 11.3 Å². The average molecular weight is 291 g/mol. The van der Waals surface area contributed by atoms with E-state index in [9.17, 15) is 0 Å². The normalized spacial score (nSPS) is 11.3. The molecule has 0 aliphatic carbocycles.